The van der Waals surface area contributed by atoms with Crippen LogP contribution in [0.15, 0.2) is 48.5 Å². The van der Waals surface area contributed by atoms with Gasteiger partial charge < -0.3 is 19.9 Å². The molecule has 2 N–H and O–H groups in total. The van der Waals surface area contributed by atoms with Crippen LogP contribution >= 0.6 is 0 Å². The van der Waals surface area contributed by atoms with Gasteiger partial charge in [-0.3, -0.25) is 9.59 Å². The van der Waals surface area contributed by atoms with Crippen LogP contribution in [0.4, 0.5) is 0 Å². The van der Waals surface area contributed by atoms with Crippen LogP contribution in [0.1, 0.15) is 31.2 Å². The number of aliphatic carboxylic acids is 1. The average molecular weight is 397 g/mol. The Morgan fingerprint density at radius 3 is 2.31 bits per heavy atom. The Bertz CT molecular complexity index is 833. The number of ether oxygens (including phenoxy) is 2. The first-order chi connectivity index (χ1) is 14.1. The Balaban J connectivity index is 1.50. The maximum atomic E-state index is 12.4. The molecule has 6 nitrogen and oxygen atoms in total. The molecule has 1 fully saturated rings. The van der Waals surface area contributed by atoms with E-state index in [4.69, 9.17) is 9.47 Å². The topological polar surface area (TPSA) is 84.9 Å². The summed E-state index contributed by atoms with van der Waals surface area (Å²) >= 11 is 0. The first-order valence-electron chi connectivity index (χ1n) is 9.99. The summed E-state index contributed by atoms with van der Waals surface area (Å²) in [6.45, 7) is 0.481. The normalized spacial score (nSPS) is 18.7. The lowest BCUT2D eigenvalue weighted by Gasteiger charge is -2.27. The molecule has 2 unspecified atom stereocenters. The lowest BCUT2D eigenvalue weighted by Crippen LogP contribution is -2.40. The molecule has 2 aromatic carbocycles. The SMILES string of the molecule is COc1ccccc1Oc1ccc(CCNC(=O)C2CCCCC2C(=O)O)cc1. The van der Waals surface area contributed by atoms with Crippen LogP contribution < -0.4 is 14.8 Å². The average Bonchev–Trinajstić information content (AvgIpc) is 2.75. The van der Waals surface area contributed by atoms with E-state index < -0.39 is 17.8 Å². The van der Waals surface area contributed by atoms with Gasteiger partial charge in [0, 0.05) is 6.54 Å². The highest BCUT2D eigenvalue weighted by Crippen LogP contribution is 2.31. The van der Waals surface area contributed by atoms with E-state index in [0.717, 1.165) is 18.4 Å². The number of carbonyl (C=O) groups excluding carboxylic acids is 1. The number of hydrogen-bond donors (Lipinski definition) is 2. The second-order valence-corrected chi connectivity index (χ2v) is 7.27. The molecule has 1 amide bonds. The van der Waals surface area contributed by atoms with E-state index in [1.807, 2.05) is 48.5 Å². The van der Waals surface area contributed by atoms with Crippen molar-refractivity contribution in [3.63, 3.8) is 0 Å². The monoisotopic (exact) mass is 397 g/mol. The molecule has 1 aliphatic rings. The summed E-state index contributed by atoms with van der Waals surface area (Å²) in [4.78, 5) is 23.8. The highest BCUT2D eigenvalue weighted by molar-refractivity contribution is 5.84. The summed E-state index contributed by atoms with van der Waals surface area (Å²) in [5.74, 6) is 0.0303. The minimum atomic E-state index is -0.865. The highest BCUT2D eigenvalue weighted by Gasteiger charge is 2.35. The number of carboxylic acid groups (broad SMARTS) is 1. The van der Waals surface area contributed by atoms with Gasteiger partial charge in [0.25, 0.3) is 0 Å². The fraction of sp³-hybridized carbons (Fsp3) is 0.391. The highest BCUT2D eigenvalue weighted by atomic mass is 16.5. The number of carboxylic acids is 1. The maximum Gasteiger partial charge on any atom is 0.307 e. The summed E-state index contributed by atoms with van der Waals surface area (Å²) in [5.41, 5.74) is 1.07. The second kappa shape index (κ2) is 9.96. The summed E-state index contributed by atoms with van der Waals surface area (Å²) in [6, 6.07) is 15.1. The van der Waals surface area contributed by atoms with E-state index >= 15 is 0 Å². The Morgan fingerprint density at radius 1 is 1.00 bits per heavy atom. The summed E-state index contributed by atoms with van der Waals surface area (Å²) in [6.07, 6.45) is 3.70. The van der Waals surface area contributed by atoms with Crippen LogP contribution in [-0.4, -0.2) is 30.6 Å². The minimum absolute atomic E-state index is 0.145. The molecule has 0 heterocycles. The summed E-state index contributed by atoms with van der Waals surface area (Å²) < 4.78 is 11.1. The Kier molecular flexibility index (Phi) is 7.11. The summed E-state index contributed by atoms with van der Waals surface area (Å²) in [7, 11) is 1.60. The van der Waals surface area contributed by atoms with Gasteiger partial charge in [0.1, 0.15) is 5.75 Å². The number of nitrogens with one attached hydrogen (secondary N) is 1. The van der Waals surface area contributed by atoms with Gasteiger partial charge in [0.05, 0.1) is 18.9 Å². The van der Waals surface area contributed by atoms with Gasteiger partial charge in [0.15, 0.2) is 11.5 Å². The molecule has 0 radical (unpaired) electrons. The molecule has 29 heavy (non-hydrogen) atoms. The van der Waals surface area contributed by atoms with Gasteiger partial charge in [0.2, 0.25) is 5.91 Å². The molecule has 0 spiro atoms. The van der Waals surface area contributed by atoms with E-state index in [1.165, 1.54) is 0 Å². The second-order valence-electron chi connectivity index (χ2n) is 7.27. The van der Waals surface area contributed by atoms with Crippen molar-refractivity contribution < 1.29 is 24.2 Å². The molecule has 0 saturated heterocycles. The van der Waals surface area contributed by atoms with E-state index in [0.29, 0.717) is 43.1 Å². The maximum absolute atomic E-state index is 12.4. The smallest absolute Gasteiger partial charge is 0.307 e. The van der Waals surface area contributed by atoms with Crippen LogP contribution in [-0.2, 0) is 16.0 Å². The van der Waals surface area contributed by atoms with E-state index in [1.54, 1.807) is 7.11 Å². The molecule has 0 aromatic heterocycles. The van der Waals surface area contributed by atoms with Gasteiger partial charge in [-0.25, -0.2) is 0 Å². The first kappa shape index (κ1) is 20.7. The number of methoxy groups -OCH3 is 1. The standard InChI is InChI=1S/C23H27NO5/c1-28-20-8-4-5-9-21(20)29-17-12-10-16(11-13-17)14-15-24-22(25)18-6-2-3-7-19(18)23(26)27/h4-5,8-13,18-19H,2-3,6-7,14-15H2,1H3,(H,24,25)(H,26,27). The van der Waals surface area contributed by atoms with Gasteiger partial charge in [-0.05, 0) is 49.1 Å². The van der Waals surface area contributed by atoms with E-state index in [-0.39, 0.29) is 5.91 Å². The van der Waals surface area contributed by atoms with Gasteiger partial charge in [-0.15, -0.1) is 0 Å². The molecule has 154 valence electrons. The van der Waals surface area contributed by atoms with Crippen molar-refractivity contribution in [1.82, 2.24) is 5.32 Å². The molecule has 0 bridgehead atoms. The van der Waals surface area contributed by atoms with Crippen LogP contribution in [0.3, 0.4) is 0 Å². The molecular formula is C23H27NO5. The molecular weight excluding hydrogens is 370 g/mol. The van der Waals surface area contributed by atoms with Crippen molar-refractivity contribution in [2.75, 3.05) is 13.7 Å². The van der Waals surface area contributed by atoms with E-state index in [2.05, 4.69) is 5.32 Å². The lowest BCUT2D eigenvalue weighted by atomic mass is 9.78. The zero-order valence-corrected chi connectivity index (χ0v) is 16.6. The molecule has 1 aliphatic carbocycles. The zero-order valence-electron chi connectivity index (χ0n) is 16.6. The molecule has 1 saturated carbocycles. The third kappa shape index (κ3) is 5.50. The first-order valence-corrected chi connectivity index (χ1v) is 9.99. The third-order valence-electron chi connectivity index (χ3n) is 5.35. The Hall–Kier alpha value is -3.02. The van der Waals surface area contributed by atoms with Crippen molar-refractivity contribution in [1.29, 1.82) is 0 Å². The molecule has 2 aromatic rings. The molecule has 2 atom stereocenters. The van der Waals surface area contributed by atoms with Crippen LogP contribution in [0.2, 0.25) is 0 Å². The zero-order chi connectivity index (χ0) is 20.6. The summed E-state index contributed by atoms with van der Waals surface area (Å²) in [5, 5.41) is 12.2. The Labute approximate surface area is 170 Å². The van der Waals surface area contributed by atoms with Crippen molar-refractivity contribution in [3.8, 4) is 17.2 Å². The van der Waals surface area contributed by atoms with Crippen molar-refractivity contribution in [3.05, 3.63) is 54.1 Å². The predicted octanol–water partition coefficient (Wildman–Crippen LogP) is 4.04. The molecule has 3 rings (SSSR count). The fourth-order valence-corrected chi connectivity index (χ4v) is 3.76. The Morgan fingerprint density at radius 2 is 1.66 bits per heavy atom. The van der Waals surface area contributed by atoms with Crippen molar-refractivity contribution in [2.24, 2.45) is 11.8 Å². The van der Waals surface area contributed by atoms with Crippen LogP contribution in [0.25, 0.3) is 0 Å². The number of carbonyl (C=O) groups is 2. The predicted molar refractivity (Wildman–Crippen MR) is 109 cm³/mol. The third-order valence-corrected chi connectivity index (χ3v) is 5.35. The number of para-hydroxylation sites is 2. The van der Waals surface area contributed by atoms with E-state index in [9.17, 15) is 14.7 Å². The molecule has 0 aliphatic heterocycles. The van der Waals surface area contributed by atoms with Crippen molar-refractivity contribution >= 4 is 11.9 Å². The minimum Gasteiger partial charge on any atom is -0.493 e. The number of benzene rings is 2. The fourth-order valence-electron chi connectivity index (χ4n) is 3.76. The number of hydrogen-bond acceptors (Lipinski definition) is 4. The largest absolute Gasteiger partial charge is 0.493 e. The lowest BCUT2D eigenvalue weighted by molar-refractivity contribution is -0.148. The van der Waals surface area contributed by atoms with Gasteiger partial charge >= 0.3 is 5.97 Å². The van der Waals surface area contributed by atoms with Gasteiger partial charge in [-0.2, -0.15) is 0 Å². The number of rotatable bonds is 8. The van der Waals surface area contributed by atoms with Crippen LogP contribution in [0.5, 0.6) is 17.2 Å². The molecule has 6 heteroatoms. The number of amides is 1. The quantitative estimate of drug-likeness (QED) is 0.702. The van der Waals surface area contributed by atoms with Gasteiger partial charge in [-0.1, -0.05) is 37.1 Å². The van der Waals surface area contributed by atoms with Crippen molar-refractivity contribution in [2.45, 2.75) is 32.1 Å². The van der Waals surface area contributed by atoms with Crippen LogP contribution in [0, 0.1) is 11.8 Å².